The minimum Gasteiger partial charge on any atom is -0.393 e. The van der Waals surface area contributed by atoms with Crippen molar-refractivity contribution in [2.75, 3.05) is 46.4 Å². The molecule has 0 aliphatic carbocycles. The monoisotopic (exact) mass is 351 g/mol. The van der Waals surface area contributed by atoms with Gasteiger partial charge in [-0.1, -0.05) is 0 Å². The Balaban J connectivity index is 1.50. The van der Waals surface area contributed by atoms with Crippen molar-refractivity contribution in [2.45, 2.75) is 50.7 Å². The lowest BCUT2D eigenvalue weighted by atomic mass is 9.96. The van der Waals surface area contributed by atoms with Gasteiger partial charge in [-0.05, 0) is 45.2 Å². The van der Waals surface area contributed by atoms with Crippen LogP contribution in [0.2, 0.25) is 0 Å². The molecule has 25 heavy (non-hydrogen) atoms. The third-order valence-corrected chi connectivity index (χ3v) is 5.70. The highest BCUT2D eigenvalue weighted by molar-refractivity contribution is 5.03. The van der Waals surface area contributed by atoms with Gasteiger partial charge in [0, 0.05) is 46.3 Å². The van der Waals surface area contributed by atoms with Crippen molar-refractivity contribution < 1.29 is 9.84 Å². The van der Waals surface area contributed by atoms with E-state index in [4.69, 9.17) is 4.74 Å². The Hall–Kier alpha value is -1.02. The van der Waals surface area contributed by atoms with E-state index in [0.29, 0.717) is 5.92 Å². The fraction of sp³-hybridized carbons (Fsp3) is 0.889. The first-order valence-corrected chi connectivity index (χ1v) is 9.67. The summed E-state index contributed by atoms with van der Waals surface area (Å²) >= 11 is 0. The van der Waals surface area contributed by atoms with E-state index in [2.05, 4.69) is 31.6 Å². The number of hydrogen-bond donors (Lipinski definition) is 1. The summed E-state index contributed by atoms with van der Waals surface area (Å²) in [6, 6.07) is 0. The van der Waals surface area contributed by atoms with Crippen LogP contribution in [0, 0.1) is 0 Å². The van der Waals surface area contributed by atoms with Crippen molar-refractivity contribution in [2.24, 2.45) is 7.05 Å². The van der Waals surface area contributed by atoms with Crippen molar-refractivity contribution in [3.8, 4) is 0 Å². The topological polar surface area (TPSA) is 66.7 Å². The van der Waals surface area contributed by atoms with E-state index in [0.717, 1.165) is 89.6 Å². The number of hydrogen-bond acceptors (Lipinski definition) is 6. The lowest BCUT2D eigenvalue weighted by Gasteiger charge is -2.31. The molecule has 142 valence electrons. The van der Waals surface area contributed by atoms with E-state index < -0.39 is 0 Å². The number of rotatable bonds is 7. The van der Waals surface area contributed by atoms with Crippen LogP contribution in [-0.2, 0) is 18.3 Å². The smallest absolute Gasteiger partial charge is 0.146 e. The van der Waals surface area contributed by atoms with Gasteiger partial charge in [0.1, 0.15) is 11.6 Å². The molecule has 0 amide bonds. The molecule has 1 aromatic heterocycles. The summed E-state index contributed by atoms with van der Waals surface area (Å²) < 4.78 is 7.35. The van der Waals surface area contributed by atoms with Crippen molar-refractivity contribution >= 4 is 0 Å². The van der Waals surface area contributed by atoms with Gasteiger partial charge in [-0.3, -0.25) is 4.90 Å². The maximum Gasteiger partial charge on any atom is 0.146 e. The number of likely N-dealkylation sites (tertiary alicyclic amines) is 2. The van der Waals surface area contributed by atoms with Crippen molar-refractivity contribution in [3.05, 3.63) is 11.6 Å². The molecule has 0 unspecified atom stereocenters. The summed E-state index contributed by atoms with van der Waals surface area (Å²) in [6.45, 7) is 6.99. The number of aliphatic hydroxyl groups is 1. The molecular weight excluding hydrogens is 318 g/mol. The zero-order chi connectivity index (χ0) is 17.6. The van der Waals surface area contributed by atoms with Crippen LogP contribution in [0.1, 0.15) is 49.7 Å². The van der Waals surface area contributed by atoms with E-state index in [1.54, 1.807) is 7.11 Å². The lowest BCUT2D eigenvalue weighted by Crippen LogP contribution is -2.36. The molecule has 0 aromatic carbocycles. The van der Waals surface area contributed by atoms with Crippen LogP contribution >= 0.6 is 0 Å². The third kappa shape index (κ3) is 5.00. The van der Waals surface area contributed by atoms with Gasteiger partial charge in [0.25, 0.3) is 0 Å². The first-order chi connectivity index (χ1) is 12.2. The Morgan fingerprint density at radius 1 is 1.04 bits per heavy atom. The third-order valence-electron chi connectivity index (χ3n) is 5.70. The second kappa shape index (κ2) is 9.07. The van der Waals surface area contributed by atoms with Crippen LogP contribution in [0.4, 0.5) is 0 Å². The van der Waals surface area contributed by atoms with E-state index in [-0.39, 0.29) is 6.10 Å². The molecule has 2 aliphatic heterocycles. The van der Waals surface area contributed by atoms with Gasteiger partial charge in [0.2, 0.25) is 0 Å². The summed E-state index contributed by atoms with van der Waals surface area (Å²) in [5.74, 6) is 2.71. The quantitative estimate of drug-likeness (QED) is 0.739. The zero-order valence-corrected chi connectivity index (χ0v) is 15.7. The van der Waals surface area contributed by atoms with Crippen LogP contribution in [-0.4, -0.2) is 82.2 Å². The average molecular weight is 351 g/mol. The fourth-order valence-corrected chi connectivity index (χ4v) is 3.99. The van der Waals surface area contributed by atoms with Crippen LogP contribution in [0.15, 0.2) is 0 Å². The predicted octanol–water partition coefficient (Wildman–Crippen LogP) is 0.988. The maximum atomic E-state index is 9.64. The first-order valence-electron chi connectivity index (χ1n) is 9.67. The second-order valence-corrected chi connectivity index (χ2v) is 7.50. The Morgan fingerprint density at radius 2 is 1.72 bits per heavy atom. The maximum absolute atomic E-state index is 9.64. The van der Waals surface area contributed by atoms with Crippen molar-refractivity contribution in [3.63, 3.8) is 0 Å². The Bertz CT molecular complexity index is 520. The van der Waals surface area contributed by atoms with Crippen LogP contribution in [0.3, 0.4) is 0 Å². The number of nitrogens with zero attached hydrogens (tertiary/aromatic N) is 5. The van der Waals surface area contributed by atoms with Crippen molar-refractivity contribution in [1.29, 1.82) is 0 Å². The minimum absolute atomic E-state index is 0.125. The number of aromatic nitrogens is 3. The Labute approximate surface area is 151 Å². The van der Waals surface area contributed by atoms with Gasteiger partial charge in [-0.15, -0.1) is 10.2 Å². The molecule has 0 spiro atoms. The van der Waals surface area contributed by atoms with E-state index in [9.17, 15) is 5.11 Å². The highest BCUT2D eigenvalue weighted by Gasteiger charge is 2.26. The molecule has 7 heteroatoms. The molecule has 0 saturated carbocycles. The molecule has 0 radical (unpaired) electrons. The second-order valence-electron chi connectivity index (χ2n) is 7.50. The standard InChI is InChI=1S/C18H33N5O2/c1-21-17(14-23-11-6-16(24)7-12-23)19-20-18(21)15-4-9-22(10-5-15)8-3-13-25-2/h15-16,24H,3-14H2,1-2H3. The van der Waals surface area contributed by atoms with Gasteiger partial charge in [-0.25, -0.2) is 0 Å². The molecule has 2 aliphatic rings. The number of methoxy groups -OCH3 is 1. The average Bonchev–Trinajstić information content (AvgIpc) is 2.98. The SMILES string of the molecule is COCCCN1CCC(c2nnc(CN3CCC(O)CC3)n2C)CC1. The summed E-state index contributed by atoms with van der Waals surface area (Å²) in [4.78, 5) is 4.91. The first kappa shape index (κ1) is 18.8. The molecule has 3 rings (SSSR count). The molecule has 3 heterocycles. The van der Waals surface area contributed by atoms with Gasteiger partial charge >= 0.3 is 0 Å². The Kier molecular flexibility index (Phi) is 6.81. The van der Waals surface area contributed by atoms with Crippen LogP contribution < -0.4 is 0 Å². The van der Waals surface area contributed by atoms with Crippen LogP contribution in [0.5, 0.6) is 0 Å². The van der Waals surface area contributed by atoms with Crippen LogP contribution in [0.25, 0.3) is 0 Å². The summed E-state index contributed by atoms with van der Waals surface area (Å²) in [6.07, 6.45) is 5.04. The molecule has 2 fully saturated rings. The largest absolute Gasteiger partial charge is 0.393 e. The highest BCUT2D eigenvalue weighted by Crippen LogP contribution is 2.27. The molecule has 0 atom stereocenters. The number of ether oxygens (including phenoxy) is 1. The minimum atomic E-state index is -0.125. The number of piperidine rings is 2. The van der Waals surface area contributed by atoms with Gasteiger partial charge in [0.15, 0.2) is 0 Å². The van der Waals surface area contributed by atoms with Gasteiger partial charge in [0.05, 0.1) is 12.6 Å². The predicted molar refractivity (Wildman–Crippen MR) is 96.4 cm³/mol. The molecule has 7 nitrogen and oxygen atoms in total. The zero-order valence-electron chi connectivity index (χ0n) is 15.7. The van der Waals surface area contributed by atoms with Crippen molar-refractivity contribution in [1.82, 2.24) is 24.6 Å². The van der Waals surface area contributed by atoms with Gasteiger partial charge < -0.3 is 19.3 Å². The summed E-state index contributed by atoms with van der Waals surface area (Å²) in [5.41, 5.74) is 0. The number of aliphatic hydroxyl groups excluding tert-OH is 1. The van der Waals surface area contributed by atoms with E-state index in [1.807, 2.05) is 0 Å². The van der Waals surface area contributed by atoms with Gasteiger partial charge in [-0.2, -0.15) is 0 Å². The Morgan fingerprint density at radius 3 is 2.40 bits per heavy atom. The molecule has 1 N–H and O–H groups in total. The molecule has 2 saturated heterocycles. The summed E-state index contributed by atoms with van der Waals surface area (Å²) in [5, 5.41) is 18.6. The molecular formula is C18H33N5O2. The molecule has 0 bridgehead atoms. The van der Waals surface area contributed by atoms with E-state index in [1.165, 1.54) is 0 Å². The van der Waals surface area contributed by atoms with E-state index >= 15 is 0 Å². The highest BCUT2D eigenvalue weighted by atomic mass is 16.5. The fourth-order valence-electron chi connectivity index (χ4n) is 3.99. The lowest BCUT2D eigenvalue weighted by molar-refractivity contribution is 0.0775. The normalized spacial score (nSPS) is 21.9. The molecule has 1 aromatic rings. The summed E-state index contributed by atoms with van der Waals surface area (Å²) in [7, 11) is 3.87.